The molecule has 2 atom stereocenters. The van der Waals surface area contributed by atoms with Gasteiger partial charge in [0.1, 0.15) is 0 Å². The molecule has 4 nitrogen and oxygen atoms in total. The molecule has 0 aliphatic carbocycles. The van der Waals surface area contributed by atoms with Crippen molar-refractivity contribution in [2.45, 2.75) is 32.2 Å². The number of nitrogens with zero attached hydrogens (tertiary/aromatic N) is 2. The maximum atomic E-state index is 11.2. The fraction of sp³-hybridized carbons (Fsp3) is 0.588. The first kappa shape index (κ1) is 15.8. The lowest BCUT2D eigenvalue weighted by atomic mass is 9.95. The Kier molecular flexibility index (Phi) is 5.23. The molecule has 2 unspecified atom stereocenters. The molecule has 1 aromatic rings. The van der Waals surface area contributed by atoms with Gasteiger partial charge in [-0.25, -0.2) is 0 Å². The molecular formula is C17H26N2O2. The molecule has 4 heteroatoms. The minimum Gasteiger partial charge on any atom is -0.481 e. The Balaban J connectivity index is 1.94. The zero-order chi connectivity index (χ0) is 15.4. The molecule has 0 amide bonds. The molecular weight excluding hydrogens is 264 g/mol. The first-order valence-corrected chi connectivity index (χ1v) is 7.70. The maximum absolute atomic E-state index is 11.2. The fourth-order valence-electron chi connectivity index (χ4n) is 3.01. The van der Waals surface area contributed by atoms with E-state index in [1.807, 2.05) is 14.1 Å². The summed E-state index contributed by atoms with van der Waals surface area (Å²) in [5.41, 5.74) is 2.51. The second-order valence-corrected chi connectivity index (χ2v) is 6.29. The van der Waals surface area contributed by atoms with E-state index in [2.05, 4.69) is 41.0 Å². The highest BCUT2D eigenvalue weighted by Crippen LogP contribution is 2.21. The number of carboxylic acid groups (broad SMARTS) is 1. The summed E-state index contributed by atoms with van der Waals surface area (Å²) in [6.07, 6.45) is 2.77. The first-order chi connectivity index (χ1) is 9.97. The van der Waals surface area contributed by atoms with Crippen molar-refractivity contribution in [1.29, 1.82) is 0 Å². The van der Waals surface area contributed by atoms with Crippen molar-refractivity contribution in [2.75, 3.05) is 32.1 Å². The number of carbonyl (C=O) groups is 1. The van der Waals surface area contributed by atoms with Gasteiger partial charge in [-0.05, 0) is 50.4 Å². The van der Waals surface area contributed by atoms with Gasteiger partial charge < -0.3 is 10.0 Å². The average molecular weight is 290 g/mol. The van der Waals surface area contributed by atoms with Crippen molar-refractivity contribution < 1.29 is 9.90 Å². The third-order valence-electron chi connectivity index (χ3n) is 4.41. The highest BCUT2D eigenvalue weighted by molar-refractivity contribution is 5.70. The van der Waals surface area contributed by atoms with Gasteiger partial charge in [0.15, 0.2) is 0 Å². The van der Waals surface area contributed by atoms with Crippen LogP contribution in [0.1, 0.15) is 25.3 Å². The molecule has 116 valence electrons. The molecule has 1 N–H and O–H groups in total. The van der Waals surface area contributed by atoms with Crippen molar-refractivity contribution in [3.8, 4) is 0 Å². The summed E-state index contributed by atoms with van der Waals surface area (Å²) in [5, 5.41) is 9.18. The van der Waals surface area contributed by atoms with Gasteiger partial charge in [0.05, 0.1) is 5.92 Å². The summed E-state index contributed by atoms with van der Waals surface area (Å²) in [6, 6.07) is 9.00. The van der Waals surface area contributed by atoms with E-state index in [1.165, 1.54) is 11.3 Å². The third-order valence-corrected chi connectivity index (χ3v) is 4.41. The molecule has 1 heterocycles. The Morgan fingerprint density at radius 1 is 1.38 bits per heavy atom. The van der Waals surface area contributed by atoms with E-state index in [0.29, 0.717) is 12.6 Å². The number of piperidine rings is 1. The first-order valence-electron chi connectivity index (χ1n) is 7.70. The second kappa shape index (κ2) is 6.94. The molecule has 0 aromatic heterocycles. The zero-order valence-electron chi connectivity index (χ0n) is 13.2. The summed E-state index contributed by atoms with van der Waals surface area (Å²) in [7, 11) is 4.08. The van der Waals surface area contributed by atoms with E-state index in [-0.39, 0.29) is 5.92 Å². The van der Waals surface area contributed by atoms with Crippen molar-refractivity contribution >= 4 is 11.7 Å². The quantitative estimate of drug-likeness (QED) is 0.905. The van der Waals surface area contributed by atoms with E-state index in [1.54, 1.807) is 0 Å². The molecule has 1 fully saturated rings. The third kappa shape index (κ3) is 4.21. The molecule has 2 rings (SSSR count). The predicted octanol–water partition coefficient (Wildman–Crippen LogP) is 2.48. The predicted molar refractivity (Wildman–Crippen MR) is 85.9 cm³/mol. The highest BCUT2D eigenvalue weighted by Gasteiger charge is 2.27. The molecule has 1 aliphatic rings. The number of carboxylic acids is 1. The van der Waals surface area contributed by atoms with Crippen LogP contribution in [0, 0.1) is 5.92 Å². The monoisotopic (exact) mass is 290 g/mol. The van der Waals surface area contributed by atoms with Crippen molar-refractivity contribution in [1.82, 2.24) is 4.90 Å². The minimum atomic E-state index is -0.651. The van der Waals surface area contributed by atoms with Gasteiger partial charge in [-0.3, -0.25) is 9.69 Å². The van der Waals surface area contributed by atoms with Gasteiger partial charge in [0.25, 0.3) is 0 Å². The smallest absolute Gasteiger partial charge is 0.307 e. The summed E-state index contributed by atoms with van der Waals surface area (Å²) < 4.78 is 0. The van der Waals surface area contributed by atoms with Gasteiger partial charge in [-0.2, -0.15) is 0 Å². The lowest BCUT2D eigenvalue weighted by Crippen LogP contribution is -2.44. The zero-order valence-corrected chi connectivity index (χ0v) is 13.2. The molecule has 1 aliphatic heterocycles. The Morgan fingerprint density at radius 2 is 2.05 bits per heavy atom. The Bertz CT molecular complexity index is 470. The van der Waals surface area contributed by atoms with E-state index in [4.69, 9.17) is 0 Å². The van der Waals surface area contributed by atoms with Gasteiger partial charge in [0.2, 0.25) is 0 Å². The van der Waals surface area contributed by atoms with Crippen LogP contribution >= 0.6 is 0 Å². The van der Waals surface area contributed by atoms with Crippen LogP contribution in [0.2, 0.25) is 0 Å². The highest BCUT2D eigenvalue weighted by atomic mass is 16.4. The number of likely N-dealkylation sites (tertiary alicyclic amines) is 1. The Labute approximate surface area is 127 Å². The molecule has 0 bridgehead atoms. The van der Waals surface area contributed by atoms with Crippen LogP contribution in [-0.2, 0) is 11.2 Å². The van der Waals surface area contributed by atoms with E-state index in [9.17, 15) is 9.90 Å². The van der Waals surface area contributed by atoms with Crippen molar-refractivity contribution in [3.05, 3.63) is 29.8 Å². The minimum absolute atomic E-state index is 0.197. The van der Waals surface area contributed by atoms with E-state index < -0.39 is 5.97 Å². The van der Waals surface area contributed by atoms with Gasteiger partial charge in [-0.15, -0.1) is 0 Å². The number of benzene rings is 1. The molecule has 0 saturated carbocycles. The Morgan fingerprint density at radius 3 is 2.62 bits per heavy atom. The Hall–Kier alpha value is -1.55. The van der Waals surface area contributed by atoms with Gasteiger partial charge in [-0.1, -0.05) is 12.1 Å². The lowest BCUT2D eigenvalue weighted by molar-refractivity contribution is -0.143. The topological polar surface area (TPSA) is 43.8 Å². The molecule has 0 radical (unpaired) electrons. The molecule has 21 heavy (non-hydrogen) atoms. The number of hydrogen-bond donors (Lipinski definition) is 1. The van der Waals surface area contributed by atoms with Gasteiger partial charge >= 0.3 is 5.97 Å². The lowest BCUT2D eigenvalue weighted by Gasteiger charge is -2.35. The average Bonchev–Trinajstić information content (AvgIpc) is 2.48. The maximum Gasteiger partial charge on any atom is 0.307 e. The van der Waals surface area contributed by atoms with Crippen LogP contribution in [0.5, 0.6) is 0 Å². The number of hydrogen-bond acceptors (Lipinski definition) is 3. The fourth-order valence-corrected chi connectivity index (χ4v) is 3.01. The second-order valence-electron chi connectivity index (χ2n) is 6.29. The largest absolute Gasteiger partial charge is 0.481 e. The summed E-state index contributed by atoms with van der Waals surface area (Å²) in [5.74, 6) is -0.848. The SMILES string of the molecule is CC(Cc1ccc(N(C)C)cc1)N1CCCC(C(=O)O)C1. The molecule has 1 saturated heterocycles. The van der Waals surface area contributed by atoms with Crippen LogP contribution < -0.4 is 4.90 Å². The van der Waals surface area contributed by atoms with Crippen LogP contribution in [0.15, 0.2) is 24.3 Å². The summed E-state index contributed by atoms with van der Waals surface area (Å²) in [6.45, 7) is 3.90. The normalized spacial score (nSPS) is 21.0. The van der Waals surface area contributed by atoms with Crippen LogP contribution in [0.25, 0.3) is 0 Å². The molecule has 1 aromatic carbocycles. The number of rotatable bonds is 5. The van der Waals surface area contributed by atoms with Gasteiger partial charge in [0, 0.05) is 32.4 Å². The number of aliphatic carboxylic acids is 1. The number of anilines is 1. The van der Waals surface area contributed by atoms with Crippen molar-refractivity contribution in [2.24, 2.45) is 5.92 Å². The standard InChI is InChI=1S/C17H26N2O2/c1-13(19-10-4-5-15(12-19)17(20)21)11-14-6-8-16(9-7-14)18(2)3/h6-9,13,15H,4-5,10-12H2,1-3H3,(H,20,21). The molecule has 0 spiro atoms. The van der Waals surface area contributed by atoms with E-state index in [0.717, 1.165) is 25.8 Å². The van der Waals surface area contributed by atoms with E-state index >= 15 is 0 Å². The summed E-state index contributed by atoms with van der Waals surface area (Å²) >= 11 is 0. The van der Waals surface area contributed by atoms with Crippen molar-refractivity contribution in [3.63, 3.8) is 0 Å². The summed E-state index contributed by atoms with van der Waals surface area (Å²) in [4.78, 5) is 15.6. The van der Waals surface area contributed by atoms with Crippen LogP contribution in [0.3, 0.4) is 0 Å². The van der Waals surface area contributed by atoms with Crippen LogP contribution in [0.4, 0.5) is 5.69 Å². The van der Waals surface area contributed by atoms with Crippen LogP contribution in [-0.4, -0.2) is 49.2 Å².